The number of nitro groups is 1. The molecule has 1 saturated heterocycles. The number of H-pyrrole nitrogens is 1. The first-order valence-corrected chi connectivity index (χ1v) is 12.2. The minimum Gasteiger partial charge on any atom is -0.497 e. The van der Waals surface area contributed by atoms with Gasteiger partial charge in [0, 0.05) is 62.7 Å². The van der Waals surface area contributed by atoms with Crippen LogP contribution in [-0.4, -0.2) is 82.0 Å². The van der Waals surface area contributed by atoms with Crippen molar-refractivity contribution in [2.45, 2.75) is 12.6 Å². The molecule has 2 aromatic heterocycles. The molecule has 2 aromatic carbocycles. The van der Waals surface area contributed by atoms with Gasteiger partial charge in [0.1, 0.15) is 11.8 Å². The molecule has 0 unspecified atom stereocenters. The number of anilines is 1. The quantitative estimate of drug-likeness (QED) is 0.257. The number of aromatic nitrogens is 5. The van der Waals surface area contributed by atoms with Crippen LogP contribution in [0.15, 0.2) is 53.3 Å². The molecule has 13 nitrogen and oxygen atoms in total. The fourth-order valence-corrected chi connectivity index (χ4v) is 4.79. The zero-order valence-corrected chi connectivity index (χ0v) is 21.1. The number of ether oxygens (including phenoxy) is 2. The van der Waals surface area contributed by atoms with Crippen molar-refractivity contribution in [1.82, 2.24) is 30.1 Å². The highest BCUT2D eigenvalue weighted by molar-refractivity contribution is 5.80. The van der Waals surface area contributed by atoms with Crippen LogP contribution < -0.4 is 15.2 Å². The van der Waals surface area contributed by atoms with Crippen LogP contribution in [0.4, 0.5) is 11.4 Å². The highest BCUT2D eigenvalue weighted by atomic mass is 16.6. The maximum absolute atomic E-state index is 13.4. The summed E-state index contributed by atoms with van der Waals surface area (Å²) in [5.41, 5.74) is 1.96. The molecule has 0 bridgehead atoms. The Morgan fingerprint density at radius 2 is 1.84 bits per heavy atom. The number of rotatable bonds is 9. The number of hydrogen-bond donors (Lipinski definition) is 1. The average molecular weight is 521 g/mol. The van der Waals surface area contributed by atoms with Gasteiger partial charge in [-0.05, 0) is 46.1 Å². The Kier molecular flexibility index (Phi) is 7.29. The SMILES string of the molecule is COCCn1nnnc1[C@H](c1cc2ccc(OC)cc2[nH]c1=O)N1CCN(c2ccc([N+](=O)[O-])cc2)CC1. The molecule has 0 saturated carbocycles. The third-order valence-electron chi connectivity index (χ3n) is 6.79. The molecule has 198 valence electrons. The number of nitro benzene ring substituents is 1. The van der Waals surface area contributed by atoms with Crippen LogP contribution >= 0.6 is 0 Å². The molecule has 0 radical (unpaired) electrons. The van der Waals surface area contributed by atoms with Gasteiger partial charge in [0.25, 0.3) is 11.2 Å². The van der Waals surface area contributed by atoms with E-state index in [9.17, 15) is 14.9 Å². The lowest BCUT2D eigenvalue weighted by molar-refractivity contribution is -0.384. The van der Waals surface area contributed by atoms with Crippen LogP contribution in [0.5, 0.6) is 5.75 Å². The predicted octanol–water partition coefficient (Wildman–Crippen LogP) is 1.99. The number of nitrogens with one attached hydrogen (secondary N) is 1. The van der Waals surface area contributed by atoms with Crippen molar-refractivity contribution in [3.8, 4) is 5.75 Å². The Morgan fingerprint density at radius 3 is 2.53 bits per heavy atom. The molecule has 13 heteroatoms. The lowest BCUT2D eigenvalue weighted by Crippen LogP contribution is -2.49. The number of nitrogens with zero attached hydrogens (tertiary/aromatic N) is 7. The van der Waals surface area contributed by atoms with E-state index < -0.39 is 11.0 Å². The number of hydrogen-bond acceptors (Lipinski definition) is 10. The lowest BCUT2D eigenvalue weighted by atomic mass is 10.0. The number of aromatic amines is 1. The van der Waals surface area contributed by atoms with Crippen LogP contribution in [0.25, 0.3) is 10.9 Å². The minimum absolute atomic E-state index is 0.0588. The summed E-state index contributed by atoms with van der Waals surface area (Å²) in [5, 5.41) is 24.3. The number of piperazine rings is 1. The Morgan fingerprint density at radius 1 is 1.08 bits per heavy atom. The van der Waals surface area contributed by atoms with Crippen molar-refractivity contribution in [2.24, 2.45) is 0 Å². The maximum Gasteiger partial charge on any atom is 0.269 e. The van der Waals surface area contributed by atoms with Crippen LogP contribution in [0.2, 0.25) is 0 Å². The molecule has 1 fully saturated rings. The second kappa shape index (κ2) is 10.9. The van der Waals surface area contributed by atoms with Gasteiger partial charge in [0.2, 0.25) is 0 Å². The van der Waals surface area contributed by atoms with Gasteiger partial charge in [-0.1, -0.05) is 0 Å². The number of tetrazole rings is 1. The first kappa shape index (κ1) is 25.3. The van der Waals surface area contributed by atoms with E-state index in [1.54, 1.807) is 37.1 Å². The first-order chi connectivity index (χ1) is 18.5. The average Bonchev–Trinajstić information content (AvgIpc) is 3.40. The van der Waals surface area contributed by atoms with Crippen molar-refractivity contribution >= 4 is 22.3 Å². The van der Waals surface area contributed by atoms with Gasteiger partial charge in [-0.15, -0.1) is 5.10 Å². The summed E-state index contributed by atoms with van der Waals surface area (Å²) in [6, 6.07) is 13.5. The van der Waals surface area contributed by atoms with Gasteiger partial charge >= 0.3 is 0 Å². The third-order valence-corrected chi connectivity index (χ3v) is 6.79. The van der Waals surface area contributed by atoms with Crippen LogP contribution in [-0.2, 0) is 11.3 Å². The Labute approximate surface area is 217 Å². The molecule has 1 aliphatic rings. The largest absolute Gasteiger partial charge is 0.497 e. The molecular formula is C25H28N8O5. The summed E-state index contributed by atoms with van der Waals surface area (Å²) in [7, 11) is 3.20. The van der Waals surface area contributed by atoms with Crippen LogP contribution in [0.1, 0.15) is 17.4 Å². The number of non-ortho nitro benzene ring substituents is 1. The fraction of sp³-hybridized carbons (Fsp3) is 0.360. The van der Waals surface area contributed by atoms with E-state index in [1.165, 1.54) is 12.1 Å². The second-order valence-corrected chi connectivity index (χ2v) is 8.96. The summed E-state index contributed by atoms with van der Waals surface area (Å²) >= 11 is 0. The summed E-state index contributed by atoms with van der Waals surface area (Å²) in [6.07, 6.45) is 0. The molecule has 0 spiro atoms. The molecular weight excluding hydrogens is 492 g/mol. The van der Waals surface area contributed by atoms with Gasteiger partial charge in [0.15, 0.2) is 5.82 Å². The molecule has 38 heavy (non-hydrogen) atoms. The monoisotopic (exact) mass is 520 g/mol. The van der Waals surface area contributed by atoms with Crippen LogP contribution in [0.3, 0.4) is 0 Å². The zero-order chi connectivity index (χ0) is 26.6. The van der Waals surface area contributed by atoms with Crippen molar-refractivity contribution < 1.29 is 14.4 Å². The third kappa shape index (κ3) is 5.06. The molecule has 1 atom stereocenters. The summed E-state index contributed by atoms with van der Waals surface area (Å²) in [4.78, 5) is 31.4. The normalized spacial score (nSPS) is 15.1. The highest BCUT2D eigenvalue weighted by Crippen LogP contribution is 2.30. The van der Waals surface area contributed by atoms with Gasteiger partial charge in [-0.3, -0.25) is 19.8 Å². The molecule has 1 aliphatic heterocycles. The number of benzene rings is 2. The molecule has 5 rings (SSSR count). The zero-order valence-electron chi connectivity index (χ0n) is 21.1. The lowest BCUT2D eigenvalue weighted by Gasteiger charge is -2.39. The molecule has 3 heterocycles. The maximum atomic E-state index is 13.4. The van der Waals surface area contributed by atoms with Crippen molar-refractivity contribution in [3.05, 3.63) is 80.4 Å². The highest BCUT2D eigenvalue weighted by Gasteiger charge is 2.33. The van der Waals surface area contributed by atoms with Crippen LogP contribution in [0, 0.1) is 10.1 Å². The van der Waals surface area contributed by atoms with Crippen molar-refractivity contribution in [2.75, 3.05) is 51.9 Å². The fourth-order valence-electron chi connectivity index (χ4n) is 4.79. The van der Waals surface area contributed by atoms with E-state index in [4.69, 9.17) is 9.47 Å². The first-order valence-electron chi connectivity index (χ1n) is 12.2. The van der Waals surface area contributed by atoms with E-state index in [-0.39, 0.29) is 11.2 Å². The van der Waals surface area contributed by atoms with Crippen molar-refractivity contribution in [1.29, 1.82) is 0 Å². The van der Waals surface area contributed by atoms with Gasteiger partial charge in [-0.2, -0.15) is 0 Å². The van der Waals surface area contributed by atoms with Crippen molar-refractivity contribution in [3.63, 3.8) is 0 Å². The summed E-state index contributed by atoms with van der Waals surface area (Å²) in [6.45, 7) is 3.44. The number of fused-ring (bicyclic) bond motifs is 1. The second-order valence-electron chi connectivity index (χ2n) is 8.96. The molecule has 4 aromatic rings. The van der Waals surface area contributed by atoms with Gasteiger partial charge in [0.05, 0.1) is 30.7 Å². The van der Waals surface area contributed by atoms with E-state index in [0.717, 1.165) is 11.1 Å². The summed E-state index contributed by atoms with van der Waals surface area (Å²) < 4.78 is 12.2. The van der Waals surface area contributed by atoms with E-state index >= 15 is 0 Å². The Balaban J connectivity index is 1.47. The molecule has 0 amide bonds. The van der Waals surface area contributed by atoms with E-state index in [2.05, 4.69) is 30.3 Å². The van der Waals surface area contributed by atoms with E-state index in [1.807, 2.05) is 18.2 Å². The Bertz CT molecular complexity index is 1480. The molecule has 1 N–H and O–H groups in total. The standard InChI is InChI=1S/C25H28N8O5/c1-37-14-13-32-24(27-28-29-32)23(21-15-17-3-8-20(38-2)16-22(17)26-25(21)34)31-11-9-30(10-12-31)18-4-6-19(7-5-18)33(35)36/h3-8,15-16,23H,9-14H2,1-2H3,(H,26,34)/t23-/m0/s1. The number of methoxy groups -OCH3 is 2. The van der Waals surface area contributed by atoms with Gasteiger partial charge < -0.3 is 19.4 Å². The van der Waals surface area contributed by atoms with Gasteiger partial charge in [-0.25, -0.2) is 4.68 Å². The molecule has 0 aliphatic carbocycles. The Hall–Kier alpha value is -4.36. The topological polar surface area (TPSA) is 145 Å². The smallest absolute Gasteiger partial charge is 0.269 e. The van der Waals surface area contributed by atoms with E-state index in [0.29, 0.717) is 62.0 Å². The minimum atomic E-state index is -0.490. The number of pyridine rings is 1. The predicted molar refractivity (Wildman–Crippen MR) is 140 cm³/mol. The summed E-state index contributed by atoms with van der Waals surface area (Å²) in [5.74, 6) is 1.22.